The number of rotatable bonds is 5. The van der Waals surface area contributed by atoms with Gasteiger partial charge in [-0.25, -0.2) is 4.98 Å². The van der Waals surface area contributed by atoms with Crippen LogP contribution in [0, 0.1) is 13.7 Å². The molecule has 154 valence electrons. The molecule has 0 unspecified atom stereocenters. The number of aromatic nitrogens is 2. The zero-order valence-corrected chi connectivity index (χ0v) is 18.5. The first kappa shape index (κ1) is 20.7. The first-order chi connectivity index (χ1) is 15.0. The molecule has 0 spiro atoms. The molecule has 4 rings (SSSR count). The van der Waals surface area contributed by atoms with Crippen molar-refractivity contribution in [3.63, 3.8) is 0 Å². The fraction of sp³-hybridized carbons (Fsp3) is 0.0435. The summed E-state index contributed by atoms with van der Waals surface area (Å²) in [5, 5.41) is 11.4. The highest BCUT2D eigenvalue weighted by atomic mass is 127. The Morgan fingerprint density at radius 3 is 2.52 bits per heavy atom. The summed E-state index contributed by atoms with van der Waals surface area (Å²) in [5.74, 6) is 0.961. The second kappa shape index (κ2) is 8.68. The molecule has 0 saturated carbocycles. The number of benzene rings is 3. The summed E-state index contributed by atoms with van der Waals surface area (Å²) >= 11 is 2.16. The van der Waals surface area contributed by atoms with Crippen LogP contribution in [-0.4, -0.2) is 21.6 Å². The number of para-hydroxylation sites is 2. The van der Waals surface area contributed by atoms with Crippen LogP contribution < -0.4 is 10.3 Å². The van der Waals surface area contributed by atoms with Crippen LogP contribution in [0.25, 0.3) is 28.7 Å². The number of halogens is 1. The second-order valence-corrected chi connectivity index (χ2v) is 7.87. The van der Waals surface area contributed by atoms with Gasteiger partial charge >= 0.3 is 0 Å². The maximum absolute atomic E-state index is 13.5. The predicted octanol–water partition coefficient (Wildman–Crippen LogP) is 5.08. The minimum Gasteiger partial charge on any atom is -0.495 e. The molecule has 0 aliphatic heterocycles. The van der Waals surface area contributed by atoms with Crippen LogP contribution in [0.5, 0.6) is 5.75 Å². The van der Waals surface area contributed by atoms with E-state index in [0.29, 0.717) is 28.2 Å². The number of fused-ring (bicyclic) bond motifs is 1. The van der Waals surface area contributed by atoms with Crippen LogP contribution in [-0.2, 0) is 0 Å². The van der Waals surface area contributed by atoms with E-state index in [1.54, 1.807) is 49.6 Å². The lowest BCUT2D eigenvalue weighted by Gasteiger charge is -2.14. The van der Waals surface area contributed by atoms with Crippen molar-refractivity contribution in [3.8, 4) is 11.4 Å². The van der Waals surface area contributed by atoms with E-state index in [-0.39, 0.29) is 11.2 Å². The van der Waals surface area contributed by atoms with Gasteiger partial charge in [-0.05, 0) is 76.7 Å². The molecule has 0 N–H and O–H groups in total. The first-order valence-electron chi connectivity index (χ1n) is 9.26. The van der Waals surface area contributed by atoms with E-state index in [2.05, 4.69) is 22.6 Å². The summed E-state index contributed by atoms with van der Waals surface area (Å²) in [4.78, 5) is 28.6. The predicted molar refractivity (Wildman–Crippen MR) is 129 cm³/mol. The maximum Gasteiger partial charge on any atom is 0.269 e. The number of hydrogen-bond acceptors (Lipinski definition) is 5. The van der Waals surface area contributed by atoms with Crippen molar-refractivity contribution in [1.29, 1.82) is 0 Å². The van der Waals surface area contributed by atoms with E-state index < -0.39 is 4.92 Å². The Kier molecular flexibility index (Phi) is 5.81. The minimum atomic E-state index is -0.445. The van der Waals surface area contributed by atoms with Crippen LogP contribution in [0.4, 0.5) is 5.69 Å². The number of non-ortho nitro benzene ring substituents is 1. The van der Waals surface area contributed by atoms with Crippen LogP contribution >= 0.6 is 22.6 Å². The van der Waals surface area contributed by atoms with Gasteiger partial charge in [0.15, 0.2) is 0 Å². The van der Waals surface area contributed by atoms with Crippen molar-refractivity contribution in [2.24, 2.45) is 0 Å². The number of hydrogen-bond donors (Lipinski definition) is 0. The van der Waals surface area contributed by atoms with Gasteiger partial charge in [-0.2, -0.15) is 0 Å². The number of nitro groups is 1. The maximum atomic E-state index is 13.5. The molecule has 1 aromatic heterocycles. The third-order valence-electron chi connectivity index (χ3n) is 4.71. The highest BCUT2D eigenvalue weighted by Crippen LogP contribution is 2.24. The van der Waals surface area contributed by atoms with Crippen molar-refractivity contribution < 1.29 is 9.66 Å². The largest absolute Gasteiger partial charge is 0.495 e. The van der Waals surface area contributed by atoms with Crippen LogP contribution in [0.3, 0.4) is 0 Å². The van der Waals surface area contributed by atoms with Gasteiger partial charge in [-0.1, -0.05) is 18.2 Å². The molecule has 8 heteroatoms. The number of ether oxygens (including phenoxy) is 1. The summed E-state index contributed by atoms with van der Waals surface area (Å²) in [6.07, 6.45) is 3.47. The summed E-state index contributed by atoms with van der Waals surface area (Å²) in [5.41, 5.74) is 1.71. The lowest BCUT2D eigenvalue weighted by molar-refractivity contribution is -0.384. The molecule has 3 aromatic carbocycles. The third-order valence-corrected chi connectivity index (χ3v) is 5.38. The van der Waals surface area contributed by atoms with Crippen molar-refractivity contribution in [2.45, 2.75) is 0 Å². The zero-order valence-electron chi connectivity index (χ0n) is 16.4. The van der Waals surface area contributed by atoms with Gasteiger partial charge in [-0.3, -0.25) is 19.5 Å². The SMILES string of the molecule is COc1ccccc1-n1c(C=Cc2ccc([N+](=O)[O-])cc2)nc2ccc(I)cc2c1=O. The molecule has 0 atom stereocenters. The van der Waals surface area contributed by atoms with Gasteiger partial charge in [0.1, 0.15) is 11.6 Å². The zero-order chi connectivity index (χ0) is 22.0. The Hall–Kier alpha value is -3.53. The van der Waals surface area contributed by atoms with Crippen LogP contribution in [0.1, 0.15) is 11.4 Å². The molecule has 0 aliphatic carbocycles. The molecular formula is C23H16IN3O4. The molecule has 0 radical (unpaired) electrons. The highest BCUT2D eigenvalue weighted by molar-refractivity contribution is 14.1. The molecule has 4 aromatic rings. The standard InChI is InChI=1S/C23H16IN3O4/c1-31-21-5-3-2-4-20(21)26-22(13-8-15-6-10-17(11-7-15)27(29)30)25-19-12-9-16(24)14-18(19)23(26)28/h2-14H,1H3. The number of nitrogens with zero attached hydrogens (tertiary/aromatic N) is 3. The number of nitro benzene ring substituents is 1. The quantitative estimate of drug-likeness (QED) is 0.206. The van der Waals surface area contributed by atoms with Crippen LogP contribution in [0.15, 0.2) is 71.5 Å². The Balaban J connectivity index is 1.92. The molecular weight excluding hydrogens is 509 g/mol. The molecule has 0 amide bonds. The first-order valence-corrected chi connectivity index (χ1v) is 10.3. The average molecular weight is 525 g/mol. The fourth-order valence-corrected chi connectivity index (χ4v) is 3.70. The van der Waals surface area contributed by atoms with Gasteiger partial charge in [0.25, 0.3) is 11.2 Å². The Labute approximate surface area is 190 Å². The van der Waals surface area contributed by atoms with Crippen LogP contribution in [0.2, 0.25) is 0 Å². The fourth-order valence-electron chi connectivity index (χ4n) is 3.21. The van der Waals surface area contributed by atoms with Gasteiger partial charge in [0.05, 0.1) is 28.6 Å². The van der Waals surface area contributed by atoms with E-state index in [1.807, 2.05) is 24.3 Å². The summed E-state index contributed by atoms with van der Waals surface area (Å²) in [7, 11) is 1.55. The normalized spacial score (nSPS) is 11.2. The molecule has 7 nitrogen and oxygen atoms in total. The Bertz CT molecular complexity index is 1380. The van der Waals surface area contributed by atoms with E-state index in [0.717, 1.165) is 9.13 Å². The smallest absolute Gasteiger partial charge is 0.269 e. The van der Waals surface area contributed by atoms with E-state index >= 15 is 0 Å². The average Bonchev–Trinajstić information content (AvgIpc) is 2.78. The van der Waals surface area contributed by atoms with Gasteiger partial charge in [0.2, 0.25) is 0 Å². The second-order valence-electron chi connectivity index (χ2n) is 6.63. The van der Waals surface area contributed by atoms with Gasteiger partial charge in [0, 0.05) is 15.7 Å². The van der Waals surface area contributed by atoms with Crippen molar-refractivity contribution in [3.05, 3.63) is 102 Å². The monoisotopic (exact) mass is 525 g/mol. The van der Waals surface area contributed by atoms with E-state index in [9.17, 15) is 14.9 Å². The molecule has 0 saturated heterocycles. The van der Waals surface area contributed by atoms with Gasteiger partial charge in [-0.15, -0.1) is 0 Å². The van der Waals surface area contributed by atoms with E-state index in [1.165, 1.54) is 16.7 Å². The van der Waals surface area contributed by atoms with Crippen molar-refractivity contribution in [1.82, 2.24) is 9.55 Å². The summed E-state index contributed by atoms with van der Waals surface area (Å²) in [6, 6.07) is 18.9. The molecule has 0 bridgehead atoms. The van der Waals surface area contributed by atoms with Crippen molar-refractivity contribution >= 4 is 51.3 Å². The van der Waals surface area contributed by atoms with Gasteiger partial charge < -0.3 is 4.74 Å². The Morgan fingerprint density at radius 2 is 1.81 bits per heavy atom. The molecule has 0 aliphatic rings. The number of methoxy groups -OCH3 is 1. The van der Waals surface area contributed by atoms with E-state index in [4.69, 9.17) is 9.72 Å². The third kappa shape index (κ3) is 4.19. The lowest BCUT2D eigenvalue weighted by Crippen LogP contribution is -2.23. The topological polar surface area (TPSA) is 87.3 Å². The molecule has 0 fully saturated rings. The summed E-state index contributed by atoms with van der Waals surface area (Å²) in [6.45, 7) is 0. The molecule has 31 heavy (non-hydrogen) atoms. The lowest BCUT2D eigenvalue weighted by atomic mass is 10.2. The van der Waals surface area contributed by atoms with Crippen molar-refractivity contribution in [2.75, 3.05) is 7.11 Å². The highest BCUT2D eigenvalue weighted by Gasteiger charge is 2.15. The molecule has 1 heterocycles. The minimum absolute atomic E-state index is 0.0153. The summed E-state index contributed by atoms with van der Waals surface area (Å²) < 4.78 is 7.91. The Morgan fingerprint density at radius 1 is 1.06 bits per heavy atom.